The van der Waals surface area contributed by atoms with E-state index in [1.807, 2.05) is 59.7 Å². The molecule has 2 aromatic carbocycles. The van der Waals surface area contributed by atoms with E-state index in [1.54, 1.807) is 25.1 Å². The van der Waals surface area contributed by atoms with Gasteiger partial charge in [-0.1, -0.05) is 30.3 Å². The van der Waals surface area contributed by atoms with E-state index >= 15 is 0 Å². The second kappa shape index (κ2) is 9.59. The maximum Gasteiger partial charge on any atom is 0.164 e. The average Bonchev–Trinajstić information content (AvgIpc) is 3.41. The van der Waals surface area contributed by atoms with Gasteiger partial charge >= 0.3 is 0 Å². The fraction of sp³-hybridized carbons (Fsp3) is 0.320. The third-order valence-corrected chi connectivity index (χ3v) is 6.34. The number of methoxy groups -OCH3 is 2. The van der Waals surface area contributed by atoms with Gasteiger partial charge in [0, 0.05) is 29.9 Å². The largest absolute Gasteiger partial charge is 0.493 e. The number of hydrogen-bond acceptors (Lipinski definition) is 9. The number of benzene rings is 2. The smallest absolute Gasteiger partial charge is 0.164 e. The molecule has 1 saturated heterocycles. The minimum absolute atomic E-state index is 0.107. The van der Waals surface area contributed by atoms with E-state index in [0.717, 1.165) is 22.4 Å². The molecule has 2 aliphatic heterocycles. The number of nitrogens with zero attached hydrogens (tertiary/aromatic N) is 3. The van der Waals surface area contributed by atoms with Gasteiger partial charge in [0.25, 0.3) is 0 Å². The minimum Gasteiger partial charge on any atom is -0.493 e. The second-order valence-corrected chi connectivity index (χ2v) is 8.45. The van der Waals surface area contributed by atoms with Gasteiger partial charge in [0.15, 0.2) is 17.7 Å². The first-order valence-electron chi connectivity index (χ1n) is 11.3. The number of aliphatic imine (C=N–C) groups is 1. The highest BCUT2D eigenvalue weighted by Gasteiger charge is 2.44. The summed E-state index contributed by atoms with van der Waals surface area (Å²) in [6.07, 6.45) is -0.0451. The SMILES string of the molecule is COc1ccc(NN2C=Nc3c(c(-c4ccccc4)cn3[C@@H]3O[C@H](CN)[C@@H](O)[C@H]3O)C2)cc1OC. The van der Waals surface area contributed by atoms with Crippen molar-refractivity contribution in [2.75, 3.05) is 26.2 Å². The summed E-state index contributed by atoms with van der Waals surface area (Å²) in [4.78, 5) is 4.69. The predicted molar refractivity (Wildman–Crippen MR) is 132 cm³/mol. The minimum atomic E-state index is -1.12. The molecule has 1 fully saturated rings. The van der Waals surface area contributed by atoms with Gasteiger partial charge in [0.05, 0.1) is 26.5 Å². The number of anilines is 1. The molecular formula is C25H29N5O5. The Morgan fingerprint density at radius 3 is 2.54 bits per heavy atom. The first kappa shape index (κ1) is 23.2. The van der Waals surface area contributed by atoms with Crippen LogP contribution in [0, 0.1) is 0 Å². The second-order valence-electron chi connectivity index (χ2n) is 8.45. The number of ether oxygens (including phenoxy) is 3. The summed E-state index contributed by atoms with van der Waals surface area (Å²) >= 11 is 0. The third kappa shape index (κ3) is 4.21. The number of aliphatic hydroxyl groups is 2. The van der Waals surface area contributed by atoms with E-state index in [4.69, 9.17) is 19.9 Å². The van der Waals surface area contributed by atoms with Gasteiger partial charge in [-0.2, -0.15) is 0 Å². The number of hydrogen-bond donors (Lipinski definition) is 4. The van der Waals surface area contributed by atoms with E-state index in [2.05, 4.69) is 10.4 Å². The highest BCUT2D eigenvalue weighted by Crippen LogP contribution is 2.41. The number of hydrazine groups is 1. The van der Waals surface area contributed by atoms with Gasteiger partial charge in [-0.05, 0) is 17.7 Å². The Morgan fingerprint density at radius 1 is 1.09 bits per heavy atom. The maximum absolute atomic E-state index is 10.7. The van der Waals surface area contributed by atoms with Crippen LogP contribution in [0.1, 0.15) is 11.8 Å². The molecule has 1 aromatic heterocycles. The molecule has 0 aliphatic carbocycles. The molecule has 0 saturated carbocycles. The molecule has 5 N–H and O–H groups in total. The van der Waals surface area contributed by atoms with Crippen molar-refractivity contribution in [2.45, 2.75) is 31.1 Å². The topological polar surface area (TPSA) is 127 Å². The summed E-state index contributed by atoms with van der Waals surface area (Å²) in [5, 5.41) is 22.9. The van der Waals surface area contributed by atoms with Crippen molar-refractivity contribution in [2.24, 2.45) is 10.7 Å². The molecule has 0 unspecified atom stereocenters. The number of aromatic nitrogens is 1. The van der Waals surface area contributed by atoms with Crippen LogP contribution in [0.15, 0.2) is 59.7 Å². The van der Waals surface area contributed by atoms with Gasteiger partial charge in [-0.15, -0.1) is 0 Å². The van der Waals surface area contributed by atoms with Crippen LogP contribution in [-0.2, 0) is 11.3 Å². The summed E-state index contributed by atoms with van der Waals surface area (Å²) in [6.45, 7) is 0.603. The van der Waals surface area contributed by atoms with Crippen LogP contribution in [0.25, 0.3) is 11.1 Å². The van der Waals surface area contributed by atoms with Gasteiger partial charge in [-0.3, -0.25) is 10.4 Å². The van der Waals surface area contributed by atoms with Crippen molar-refractivity contribution in [3.63, 3.8) is 0 Å². The van der Waals surface area contributed by atoms with Crippen molar-refractivity contribution in [1.82, 2.24) is 9.58 Å². The molecule has 10 heteroatoms. The quantitative estimate of drug-likeness (QED) is 0.407. The van der Waals surface area contributed by atoms with Crippen molar-refractivity contribution >= 4 is 17.8 Å². The van der Waals surface area contributed by atoms with E-state index < -0.39 is 24.5 Å². The molecule has 10 nitrogen and oxygen atoms in total. The van der Waals surface area contributed by atoms with Crippen LogP contribution in [0.3, 0.4) is 0 Å². The molecule has 0 amide bonds. The fourth-order valence-corrected chi connectivity index (χ4v) is 4.54. The molecule has 5 rings (SSSR count). The van der Waals surface area contributed by atoms with Crippen molar-refractivity contribution < 1.29 is 24.4 Å². The molecule has 35 heavy (non-hydrogen) atoms. The monoisotopic (exact) mass is 479 g/mol. The Bertz CT molecular complexity index is 1210. The first-order valence-corrected chi connectivity index (χ1v) is 11.3. The first-order chi connectivity index (χ1) is 17.0. The summed E-state index contributed by atoms with van der Waals surface area (Å²) in [5.41, 5.74) is 12.8. The lowest BCUT2D eigenvalue weighted by Crippen LogP contribution is -2.35. The number of nitrogens with one attached hydrogen (secondary N) is 1. The molecule has 4 atom stereocenters. The number of nitrogens with two attached hydrogens (primary N) is 1. The molecule has 2 aliphatic rings. The van der Waals surface area contributed by atoms with Gasteiger partial charge in [-0.25, -0.2) is 4.99 Å². The highest BCUT2D eigenvalue weighted by molar-refractivity contribution is 5.77. The summed E-state index contributed by atoms with van der Waals surface area (Å²) in [5.74, 6) is 1.91. The Hall–Kier alpha value is -3.57. The summed E-state index contributed by atoms with van der Waals surface area (Å²) in [6, 6.07) is 15.5. The van der Waals surface area contributed by atoms with Crippen LogP contribution in [0.4, 0.5) is 11.5 Å². The molecule has 0 bridgehead atoms. The lowest BCUT2D eigenvalue weighted by molar-refractivity contribution is -0.0330. The molecule has 0 radical (unpaired) electrons. The third-order valence-electron chi connectivity index (χ3n) is 6.34. The zero-order valence-corrected chi connectivity index (χ0v) is 19.5. The maximum atomic E-state index is 10.7. The molecule has 184 valence electrons. The van der Waals surface area contributed by atoms with Crippen molar-refractivity contribution in [3.8, 4) is 22.6 Å². The molecule has 3 heterocycles. The normalized spacial score (nSPS) is 23.3. The number of aliphatic hydroxyl groups excluding tert-OH is 2. The van der Waals surface area contributed by atoms with Crippen LogP contribution in [0.5, 0.6) is 11.5 Å². The predicted octanol–water partition coefficient (Wildman–Crippen LogP) is 2.25. The number of rotatable bonds is 7. The highest BCUT2D eigenvalue weighted by atomic mass is 16.6. The van der Waals surface area contributed by atoms with Crippen molar-refractivity contribution in [1.29, 1.82) is 0 Å². The fourth-order valence-electron chi connectivity index (χ4n) is 4.54. The van der Waals surface area contributed by atoms with E-state index in [1.165, 1.54) is 0 Å². The summed E-state index contributed by atoms with van der Waals surface area (Å²) in [7, 11) is 3.19. The van der Waals surface area contributed by atoms with Crippen molar-refractivity contribution in [3.05, 3.63) is 60.3 Å². The van der Waals surface area contributed by atoms with Crippen LogP contribution in [0.2, 0.25) is 0 Å². The van der Waals surface area contributed by atoms with E-state index in [-0.39, 0.29) is 6.54 Å². The average molecular weight is 480 g/mol. The molecular weight excluding hydrogens is 450 g/mol. The van der Waals surface area contributed by atoms with Crippen LogP contribution >= 0.6 is 0 Å². The lowest BCUT2D eigenvalue weighted by atomic mass is 10.0. The van der Waals surface area contributed by atoms with Gasteiger partial charge in [0.2, 0.25) is 0 Å². The Balaban J connectivity index is 1.49. The molecule has 3 aromatic rings. The van der Waals surface area contributed by atoms with Crippen LogP contribution in [-0.4, -0.2) is 65.2 Å². The Kier molecular flexibility index (Phi) is 6.35. The zero-order valence-electron chi connectivity index (χ0n) is 19.5. The van der Waals surface area contributed by atoms with Gasteiger partial charge < -0.3 is 34.7 Å². The number of fused-ring (bicyclic) bond motifs is 1. The zero-order chi connectivity index (χ0) is 24.5. The van der Waals surface area contributed by atoms with Crippen LogP contribution < -0.4 is 20.6 Å². The standard InChI is InChI=1S/C25H29N5O5/c1-33-19-9-8-16(10-20(19)34-2)28-29-12-18-17(15-6-4-3-5-7-15)13-30(24(18)27-14-29)25-23(32)22(31)21(11-26)35-25/h3-10,13-14,21-23,25,28,31-32H,11-12,26H2,1-2H3/t21-,22-,23-,25-/m1/s1. The Labute approximate surface area is 203 Å². The van der Waals surface area contributed by atoms with E-state index in [9.17, 15) is 10.2 Å². The molecule has 0 spiro atoms. The van der Waals surface area contributed by atoms with Gasteiger partial charge in [0.1, 0.15) is 30.5 Å². The summed E-state index contributed by atoms with van der Waals surface area (Å²) < 4.78 is 18.4. The Morgan fingerprint density at radius 2 is 1.86 bits per heavy atom. The lowest BCUT2D eigenvalue weighted by Gasteiger charge is -2.27. The van der Waals surface area contributed by atoms with E-state index in [0.29, 0.717) is 23.9 Å².